The lowest BCUT2D eigenvalue weighted by atomic mass is 10.1. The molecule has 1 fully saturated rings. The first-order valence-electron chi connectivity index (χ1n) is 6.35. The van der Waals surface area contributed by atoms with Gasteiger partial charge in [0.1, 0.15) is 0 Å². The molecule has 1 saturated carbocycles. The Labute approximate surface area is 103 Å². The minimum absolute atomic E-state index is 0.117. The van der Waals surface area contributed by atoms with E-state index in [0.29, 0.717) is 11.3 Å². The molecule has 3 nitrogen and oxygen atoms in total. The molecule has 0 unspecified atom stereocenters. The number of amides is 1. The zero-order valence-corrected chi connectivity index (χ0v) is 10.4. The summed E-state index contributed by atoms with van der Waals surface area (Å²) in [4.78, 5) is 14.3. The fourth-order valence-corrected chi connectivity index (χ4v) is 2.01. The number of nitrogen functional groups attached to an aromatic ring is 1. The lowest BCUT2D eigenvalue weighted by Gasteiger charge is -2.22. The second-order valence-corrected chi connectivity index (χ2v) is 4.82. The number of carbonyl (C=O) groups excluding carboxylic acids is 1. The highest BCUT2D eigenvalue weighted by atomic mass is 16.2. The maximum Gasteiger partial charge on any atom is 0.253 e. The van der Waals surface area contributed by atoms with Crippen LogP contribution in [0.3, 0.4) is 0 Å². The van der Waals surface area contributed by atoms with Crippen molar-refractivity contribution in [1.82, 2.24) is 4.90 Å². The van der Waals surface area contributed by atoms with Gasteiger partial charge in [-0.3, -0.25) is 4.79 Å². The Morgan fingerprint density at radius 1 is 1.47 bits per heavy atom. The number of hydrogen-bond donors (Lipinski definition) is 1. The molecular weight excluding hydrogens is 212 g/mol. The van der Waals surface area contributed by atoms with E-state index in [-0.39, 0.29) is 5.91 Å². The van der Waals surface area contributed by atoms with E-state index in [9.17, 15) is 4.79 Å². The number of hydrogen-bond acceptors (Lipinski definition) is 2. The van der Waals surface area contributed by atoms with E-state index in [4.69, 9.17) is 5.73 Å². The molecule has 3 heteroatoms. The highest BCUT2D eigenvalue weighted by molar-refractivity contribution is 5.95. The molecule has 0 aromatic heterocycles. The molecule has 0 bridgehead atoms. The minimum atomic E-state index is 0.117. The molecule has 1 aromatic carbocycles. The Hall–Kier alpha value is -1.51. The second-order valence-electron chi connectivity index (χ2n) is 4.82. The molecule has 1 amide bonds. The van der Waals surface area contributed by atoms with Crippen LogP contribution in [0, 0.1) is 5.92 Å². The third-order valence-electron chi connectivity index (χ3n) is 3.09. The van der Waals surface area contributed by atoms with Crippen molar-refractivity contribution in [1.29, 1.82) is 0 Å². The summed E-state index contributed by atoms with van der Waals surface area (Å²) in [6.45, 7) is 3.85. The standard InChI is InChI=1S/C14H20N2O/c1-2-8-16(10-11-6-7-11)14(17)12-4-3-5-13(15)9-12/h3-5,9,11H,2,6-8,10,15H2,1H3. The summed E-state index contributed by atoms with van der Waals surface area (Å²) in [6.07, 6.45) is 3.54. The second kappa shape index (κ2) is 5.21. The van der Waals surface area contributed by atoms with E-state index in [2.05, 4.69) is 6.92 Å². The quantitative estimate of drug-likeness (QED) is 0.793. The minimum Gasteiger partial charge on any atom is -0.399 e. The predicted octanol–water partition coefficient (Wildman–Crippen LogP) is 2.53. The molecule has 0 radical (unpaired) electrons. The van der Waals surface area contributed by atoms with Crippen molar-refractivity contribution in [2.24, 2.45) is 5.92 Å². The van der Waals surface area contributed by atoms with Crippen molar-refractivity contribution in [2.75, 3.05) is 18.8 Å². The van der Waals surface area contributed by atoms with Gasteiger partial charge >= 0.3 is 0 Å². The summed E-state index contributed by atoms with van der Waals surface area (Å²) in [7, 11) is 0. The summed E-state index contributed by atoms with van der Waals surface area (Å²) in [6, 6.07) is 7.25. The van der Waals surface area contributed by atoms with Crippen molar-refractivity contribution in [3.63, 3.8) is 0 Å². The summed E-state index contributed by atoms with van der Waals surface area (Å²) in [5.41, 5.74) is 7.07. The van der Waals surface area contributed by atoms with Gasteiger partial charge in [0, 0.05) is 24.3 Å². The average molecular weight is 232 g/mol. The van der Waals surface area contributed by atoms with E-state index in [1.165, 1.54) is 12.8 Å². The third kappa shape index (κ3) is 3.22. The number of benzene rings is 1. The largest absolute Gasteiger partial charge is 0.399 e. The van der Waals surface area contributed by atoms with Crippen LogP contribution in [0.5, 0.6) is 0 Å². The Kier molecular flexibility index (Phi) is 3.67. The molecule has 0 atom stereocenters. The van der Waals surface area contributed by atoms with Gasteiger partial charge in [-0.1, -0.05) is 13.0 Å². The smallest absolute Gasteiger partial charge is 0.253 e. The van der Waals surface area contributed by atoms with Crippen LogP contribution in [0.15, 0.2) is 24.3 Å². The number of rotatable bonds is 5. The summed E-state index contributed by atoms with van der Waals surface area (Å²) in [5.74, 6) is 0.845. The van der Waals surface area contributed by atoms with Gasteiger partial charge in [-0.05, 0) is 43.4 Å². The molecule has 0 spiro atoms. The van der Waals surface area contributed by atoms with Crippen LogP contribution in [-0.4, -0.2) is 23.9 Å². The summed E-state index contributed by atoms with van der Waals surface area (Å²) in [5, 5.41) is 0. The molecule has 1 aliphatic rings. The Balaban J connectivity index is 2.08. The van der Waals surface area contributed by atoms with Crippen molar-refractivity contribution in [2.45, 2.75) is 26.2 Å². The van der Waals surface area contributed by atoms with Crippen molar-refractivity contribution >= 4 is 11.6 Å². The molecule has 2 rings (SSSR count). The summed E-state index contributed by atoms with van der Waals surface area (Å²) >= 11 is 0. The summed E-state index contributed by atoms with van der Waals surface area (Å²) < 4.78 is 0. The van der Waals surface area contributed by atoms with E-state index < -0.39 is 0 Å². The lowest BCUT2D eigenvalue weighted by molar-refractivity contribution is 0.0748. The Morgan fingerprint density at radius 3 is 2.82 bits per heavy atom. The highest BCUT2D eigenvalue weighted by Crippen LogP contribution is 2.30. The number of carbonyl (C=O) groups is 1. The van der Waals surface area contributed by atoms with Gasteiger partial charge in [0.05, 0.1) is 0 Å². The van der Waals surface area contributed by atoms with E-state index in [1.54, 1.807) is 6.07 Å². The van der Waals surface area contributed by atoms with E-state index >= 15 is 0 Å². The van der Waals surface area contributed by atoms with Gasteiger partial charge < -0.3 is 10.6 Å². The molecule has 0 saturated heterocycles. The monoisotopic (exact) mass is 232 g/mol. The van der Waals surface area contributed by atoms with Crippen LogP contribution >= 0.6 is 0 Å². The first-order valence-corrected chi connectivity index (χ1v) is 6.35. The highest BCUT2D eigenvalue weighted by Gasteiger charge is 2.26. The normalized spacial score (nSPS) is 14.6. The molecule has 0 heterocycles. The maximum atomic E-state index is 12.3. The fourth-order valence-electron chi connectivity index (χ4n) is 2.01. The van der Waals surface area contributed by atoms with Crippen molar-refractivity contribution in [3.05, 3.63) is 29.8 Å². The zero-order chi connectivity index (χ0) is 12.3. The van der Waals surface area contributed by atoms with Gasteiger partial charge in [0.2, 0.25) is 0 Å². The van der Waals surface area contributed by atoms with Crippen molar-refractivity contribution in [3.8, 4) is 0 Å². The van der Waals surface area contributed by atoms with Crippen molar-refractivity contribution < 1.29 is 4.79 Å². The number of nitrogens with two attached hydrogens (primary N) is 1. The topological polar surface area (TPSA) is 46.3 Å². The molecule has 1 aromatic rings. The van der Waals surface area contributed by atoms with Gasteiger partial charge in [-0.2, -0.15) is 0 Å². The Bertz CT molecular complexity index is 399. The molecule has 2 N–H and O–H groups in total. The van der Waals surface area contributed by atoms with Gasteiger partial charge in [0.25, 0.3) is 5.91 Å². The fraction of sp³-hybridized carbons (Fsp3) is 0.500. The maximum absolute atomic E-state index is 12.3. The molecule has 1 aliphatic carbocycles. The van der Waals surface area contributed by atoms with Gasteiger partial charge in [-0.25, -0.2) is 0 Å². The lowest BCUT2D eigenvalue weighted by Crippen LogP contribution is -2.33. The van der Waals surface area contributed by atoms with E-state index in [0.717, 1.165) is 25.4 Å². The SMILES string of the molecule is CCCN(CC1CC1)C(=O)c1cccc(N)c1. The molecule has 17 heavy (non-hydrogen) atoms. The van der Waals surface area contributed by atoms with Crippen LogP contribution in [0.1, 0.15) is 36.5 Å². The van der Waals surface area contributed by atoms with Crippen LogP contribution in [0.4, 0.5) is 5.69 Å². The third-order valence-corrected chi connectivity index (χ3v) is 3.09. The molecule has 92 valence electrons. The first-order chi connectivity index (χ1) is 8.20. The van der Waals surface area contributed by atoms with E-state index in [1.807, 2.05) is 23.1 Å². The van der Waals surface area contributed by atoms with Crippen LogP contribution in [0.25, 0.3) is 0 Å². The van der Waals surface area contributed by atoms with Crippen LogP contribution < -0.4 is 5.73 Å². The van der Waals surface area contributed by atoms with Gasteiger partial charge in [-0.15, -0.1) is 0 Å². The first kappa shape index (κ1) is 12.0. The van der Waals surface area contributed by atoms with Crippen LogP contribution in [-0.2, 0) is 0 Å². The average Bonchev–Trinajstić information content (AvgIpc) is 3.11. The zero-order valence-electron chi connectivity index (χ0n) is 10.4. The Morgan fingerprint density at radius 2 is 2.24 bits per heavy atom. The molecule has 0 aliphatic heterocycles. The molecular formula is C14H20N2O. The predicted molar refractivity (Wildman–Crippen MR) is 69.8 cm³/mol. The number of anilines is 1. The van der Waals surface area contributed by atoms with Gasteiger partial charge in [0.15, 0.2) is 0 Å². The number of nitrogens with zero attached hydrogens (tertiary/aromatic N) is 1. The van der Waals surface area contributed by atoms with Crippen LogP contribution in [0.2, 0.25) is 0 Å².